The Balaban J connectivity index is 1.73. The summed E-state index contributed by atoms with van der Waals surface area (Å²) in [6.07, 6.45) is 2.94. The maximum absolute atomic E-state index is 13.0. The summed E-state index contributed by atoms with van der Waals surface area (Å²) < 4.78 is 13.0. The maximum Gasteiger partial charge on any atom is 0.272 e. The highest BCUT2D eigenvalue weighted by Crippen LogP contribution is 2.23. The van der Waals surface area contributed by atoms with Crippen LogP contribution in [-0.4, -0.2) is 34.7 Å². The number of amides is 1. The molecule has 1 aliphatic heterocycles. The molecule has 0 radical (unpaired) electrons. The van der Waals surface area contributed by atoms with Crippen molar-refractivity contribution in [2.45, 2.75) is 12.8 Å². The van der Waals surface area contributed by atoms with Crippen LogP contribution in [0.5, 0.6) is 0 Å². The van der Waals surface area contributed by atoms with E-state index in [1.165, 1.54) is 36.5 Å². The zero-order valence-electron chi connectivity index (χ0n) is 12.9. The quantitative estimate of drug-likeness (QED) is 0.798. The van der Waals surface area contributed by atoms with E-state index in [2.05, 4.69) is 4.98 Å². The van der Waals surface area contributed by atoms with Crippen LogP contribution < -0.4 is 0 Å². The second kappa shape index (κ2) is 7.09. The van der Waals surface area contributed by atoms with Gasteiger partial charge in [-0.15, -0.1) is 0 Å². The topological polar surface area (TPSA) is 50.3 Å². The lowest BCUT2D eigenvalue weighted by atomic mass is 9.90. The minimum absolute atomic E-state index is 0.0634. The summed E-state index contributed by atoms with van der Waals surface area (Å²) in [6, 6.07) is 8.64. The molecule has 124 valence electrons. The molecule has 0 saturated carbocycles. The van der Waals surface area contributed by atoms with Gasteiger partial charge in [0.2, 0.25) is 0 Å². The van der Waals surface area contributed by atoms with Crippen molar-refractivity contribution >= 4 is 23.3 Å². The predicted octanol–water partition coefficient (Wildman–Crippen LogP) is 3.61. The number of pyridine rings is 1. The molecule has 1 aromatic heterocycles. The fourth-order valence-corrected chi connectivity index (χ4v) is 3.07. The Morgan fingerprint density at radius 2 is 1.96 bits per heavy atom. The average Bonchev–Trinajstić information content (AvgIpc) is 2.61. The second-order valence-electron chi connectivity index (χ2n) is 5.82. The van der Waals surface area contributed by atoms with Crippen LogP contribution in [0, 0.1) is 11.7 Å². The minimum atomic E-state index is -0.376. The van der Waals surface area contributed by atoms with E-state index >= 15 is 0 Å². The highest BCUT2D eigenvalue weighted by atomic mass is 35.5. The molecule has 1 atom stereocenters. The number of likely N-dealkylation sites (tertiary alicyclic amines) is 1. The number of hydrogen-bond acceptors (Lipinski definition) is 3. The molecule has 1 saturated heterocycles. The van der Waals surface area contributed by atoms with Crippen LogP contribution in [0.4, 0.5) is 4.39 Å². The summed E-state index contributed by atoms with van der Waals surface area (Å²) in [5.41, 5.74) is 0.744. The van der Waals surface area contributed by atoms with Crippen molar-refractivity contribution in [1.82, 2.24) is 9.88 Å². The summed E-state index contributed by atoms with van der Waals surface area (Å²) in [6.45, 7) is 0.920. The number of hydrogen-bond donors (Lipinski definition) is 0. The van der Waals surface area contributed by atoms with Crippen molar-refractivity contribution in [3.8, 4) is 0 Å². The Morgan fingerprint density at radius 3 is 2.67 bits per heavy atom. The van der Waals surface area contributed by atoms with Crippen molar-refractivity contribution in [3.63, 3.8) is 0 Å². The van der Waals surface area contributed by atoms with E-state index in [0.717, 1.165) is 6.42 Å². The molecule has 1 fully saturated rings. The standard InChI is InChI=1S/C18H16ClFN2O2/c19-14-7-8-21-16(10-14)18(24)22-9-1-2-13(11-22)17(23)12-3-5-15(20)6-4-12/h3-8,10,13H,1-2,9,11H2. The molecule has 24 heavy (non-hydrogen) atoms. The maximum atomic E-state index is 13.0. The molecule has 6 heteroatoms. The Hall–Kier alpha value is -2.27. The summed E-state index contributed by atoms with van der Waals surface area (Å²) in [5.74, 6) is -0.952. The Labute approximate surface area is 144 Å². The van der Waals surface area contributed by atoms with Gasteiger partial charge in [0.1, 0.15) is 11.5 Å². The molecular formula is C18H16ClFN2O2. The van der Waals surface area contributed by atoms with Crippen molar-refractivity contribution < 1.29 is 14.0 Å². The largest absolute Gasteiger partial charge is 0.337 e. The van der Waals surface area contributed by atoms with Gasteiger partial charge in [-0.3, -0.25) is 14.6 Å². The molecule has 4 nitrogen and oxygen atoms in total. The first-order valence-corrected chi connectivity index (χ1v) is 8.13. The van der Waals surface area contributed by atoms with E-state index < -0.39 is 0 Å². The third kappa shape index (κ3) is 3.62. The van der Waals surface area contributed by atoms with Crippen molar-refractivity contribution in [2.75, 3.05) is 13.1 Å². The molecular weight excluding hydrogens is 331 g/mol. The lowest BCUT2D eigenvalue weighted by Crippen LogP contribution is -2.42. The van der Waals surface area contributed by atoms with E-state index in [1.807, 2.05) is 0 Å². The first-order chi connectivity index (χ1) is 11.5. The van der Waals surface area contributed by atoms with Crippen molar-refractivity contribution in [1.29, 1.82) is 0 Å². The smallest absolute Gasteiger partial charge is 0.272 e. The molecule has 1 unspecified atom stereocenters. The lowest BCUT2D eigenvalue weighted by molar-refractivity contribution is 0.0632. The number of halogens is 2. The van der Waals surface area contributed by atoms with Crippen molar-refractivity contribution in [3.05, 3.63) is 64.7 Å². The van der Waals surface area contributed by atoms with Crippen LogP contribution in [0.15, 0.2) is 42.6 Å². The van der Waals surface area contributed by atoms with Gasteiger partial charge in [0.05, 0.1) is 0 Å². The number of nitrogens with zero attached hydrogens (tertiary/aromatic N) is 2. The van der Waals surface area contributed by atoms with Gasteiger partial charge >= 0.3 is 0 Å². The van der Waals surface area contributed by atoms with Gasteiger partial charge in [0.15, 0.2) is 5.78 Å². The van der Waals surface area contributed by atoms with Crippen LogP contribution in [-0.2, 0) is 0 Å². The fourth-order valence-electron chi connectivity index (χ4n) is 2.91. The normalized spacial score (nSPS) is 17.6. The van der Waals surface area contributed by atoms with Gasteiger partial charge < -0.3 is 4.90 Å². The Kier molecular flexibility index (Phi) is 4.90. The van der Waals surface area contributed by atoms with E-state index in [-0.39, 0.29) is 29.1 Å². The molecule has 0 spiro atoms. The van der Waals surface area contributed by atoms with Crippen LogP contribution in [0.3, 0.4) is 0 Å². The minimum Gasteiger partial charge on any atom is -0.337 e. The highest BCUT2D eigenvalue weighted by molar-refractivity contribution is 6.30. The number of rotatable bonds is 3. The summed E-state index contributed by atoms with van der Waals surface area (Å²) in [7, 11) is 0. The molecule has 1 aliphatic rings. The molecule has 0 bridgehead atoms. The van der Waals surface area contributed by atoms with Gasteiger partial charge in [-0.1, -0.05) is 11.6 Å². The molecule has 1 aromatic carbocycles. The van der Waals surface area contributed by atoms with Crippen LogP contribution >= 0.6 is 11.6 Å². The first kappa shape index (κ1) is 16.6. The Morgan fingerprint density at radius 1 is 1.21 bits per heavy atom. The molecule has 0 aliphatic carbocycles. The highest BCUT2D eigenvalue weighted by Gasteiger charge is 2.30. The molecule has 2 aromatic rings. The molecule has 1 amide bonds. The molecule has 0 N–H and O–H groups in total. The summed E-state index contributed by atoms with van der Waals surface area (Å²) in [5, 5.41) is 0.448. The van der Waals surface area contributed by atoms with Crippen LogP contribution in [0.1, 0.15) is 33.7 Å². The number of aromatic nitrogens is 1. The predicted molar refractivity (Wildman–Crippen MR) is 88.6 cm³/mol. The lowest BCUT2D eigenvalue weighted by Gasteiger charge is -2.31. The third-order valence-electron chi connectivity index (χ3n) is 4.15. The van der Waals surface area contributed by atoms with Crippen molar-refractivity contribution in [2.24, 2.45) is 5.92 Å². The van der Waals surface area contributed by atoms with E-state index in [0.29, 0.717) is 30.1 Å². The van der Waals surface area contributed by atoms with E-state index in [1.54, 1.807) is 11.0 Å². The number of carbonyl (C=O) groups is 2. The van der Waals surface area contributed by atoms with Gasteiger partial charge in [-0.05, 0) is 49.2 Å². The number of benzene rings is 1. The summed E-state index contributed by atoms with van der Waals surface area (Å²) in [4.78, 5) is 30.8. The van der Waals surface area contributed by atoms with Gasteiger partial charge in [-0.2, -0.15) is 0 Å². The van der Waals surface area contributed by atoms with Crippen LogP contribution in [0.25, 0.3) is 0 Å². The number of carbonyl (C=O) groups excluding carboxylic acids is 2. The van der Waals surface area contributed by atoms with Gasteiger partial charge in [-0.25, -0.2) is 4.39 Å². The monoisotopic (exact) mass is 346 g/mol. The molecule has 3 rings (SSSR count). The van der Waals surface area contributed by atoms with Crippen LogP contribution in [0.2, 0.25) is 5.02 Å². The summed E-state index contributed by atoms with van der Waals surface area (Å²) >= 11 is 5.90. The van der Waals surface area contributed by atoms with Gasteiger partial charge in [0, 0.05) is 35.8 Å². The number of Topliss-reactive ketones (excluding diaryl/α,β-unsaturated/α-hetero) is 1. The number of ketones is 1. The average molecular weight is 347 g/mol. The molecule has 2 heterocycles. The second-order valence-corrected chi connectivity index (χ2v) is 6.26. The number of piperidine rings is 1. The zero-order valence-corrected chi connectivity index (χ0v) is 13.7. The van der Waals surface area contributed by atoms with E-state index in [4.69, 9.17) is 11.6 Å². The zero-order chi connectivity index (χ0) is 17.1. The SMILES string of the molecule is O=C(c1ccc(F)cc1)C1CCCN(C(=O)c2cc(Cl)ccn2)C1. The first-order valence-electron chi connectivity index (χ1n) is 7.75. The Bertz CT molecular complexity index is 764. The van der Waals surface area contributed by atoms with Gasteiger partial charge in [0.25, 0.3) is 5.91 Å². The van der Waals surface area contributed by atoms with E-state index in [9.17, 15) is 14.0 Å². The fraction of sp³-hybridized carbons (Fsp3) is 0.278. The third-order valence-corrected chi connectivity index (χ3v) is 4.38.